The molecule has 0 saturated carbocycles. The summed E-state index contributed by atoms with van der Waals surface area (Å²) in [6, 6.07) is 6.09. The highest BCUT2D eigenvalue weighted by molar-refractivity contribution is 5.55. The number of hydrogen-bond acceptors (Lipinski definition) is 2. The van der Waals surface area contributed by atoms with E-state index in [1.165, 1.54) is 5.56 Å². The number of nitrogen functional groups attached to an aromatic ring is 1. The molecule has 2 N–H and O–H groups in total. The second kappa shape index (κ2) is 8.02. The van der Waals surface area contributed by atoms with Crippen LogP contribution >= 0.6 is 0 Å². The monoisotopic (exact) mass is 251 g/mol. The summed E-state index contributed by atoms with van der Waals surface area (Å²) in [6.07, 6.45) is 2.21. The van der Waals surface area contributed by atoms with Gasteiger partial charge in [0.2, 0.25) is 0 Å². The van der Waals surface area contributed by atoms with Crippen LogP contribution in [0, 0.1) is 0 Å². The van der Waals surface area contributed by atoms with Gasteiger partial charge in [0, 0.05) is 0 Å². The van der Waals surface area contributed by atoms with Crippen molar-refractivity contribution in [3.63, 3.8) is 0 Å². The van der Waals surface area contributed by atoms with Crippen molar-refractivity contribution in [2.24, 2.45) is 0 Å². The zero-order valence-corrected chi connectivity index (χ0v) is 12.8. The van der Waals surface area contributed by atoms with Gasteiger partial charge in [-0.25, -0.2) is 0 Å². The molecule has 0 aromatic heterocycles. The van der Waals surface area contributed by atoms with Crippen molar-refractivity contribution >= 4 is 5.69 Å². The Morgan fingerprint density at radius 1 is 1.17 bits per heavy atom. The average molecular weight is 251 g/mol. The minimum atomic E-state index is 0.135. The van der Waals surface area contributed by atoms with E-state index < -0.39 is 0 Å². The Bertz CT molecular complexity index is 339. The van der Waals surface area contributed by atoms with E-state index in [-0.39, 0.29) is 5.41 Å². The first-order chi connectivity index (χ1) is 8.45. The van der Waals surface area contributed by atoms with Crippen molar-refractivity contribution in [1.82, 2.24) is 0 Å². The van der Waals surface area contributed by atoms with Gasteiger partial charge in [-0.3, -0.25) is 0 Å². The first kappa shape index (κ1) is 16.8. The van der Waals surface area contributed by atoms with E-state index in [2.05, 4.69) is 33.8 Å². The van der Waals surface area contributed by atoms with E-state index in [0.29, 0.717) is 0 Å². The first-order valence-corrected chi connectivity index (χ1v) is 6.98. The fraction of sp³-hybridized carbons (Fsp3) is 0.625. The number of anilines is 1. The molecule has 0 unspecified atom stereocenters. The average Bonchev–Trinajstić information content (AvgIpc) is 2.33. The molecule has 0 spiro atoms. The molecule has 0 aliphatic heterocycles. The smallest absolute Gasteiger partial charge is 0.142 e. The zero-order valence-electron chi connectivity index (χ0n) is 12.8. The molecule has 0 fully saturated rings. The van der Waals surface area contributed by atoms with Crippen molar-refractivity contribution in [1.29, 1.82) is 0 Å². The van der Waals surface area contributed by atoms with E-state index >= 15 is 0 Å². The molecule has 1 aromatic rings. The molecule has 0 saturated heterocycles. The number of benzene rings is 1. The van der Waals surface area contributed by atoms with E-state index in [1.54, 1.807) is 0 Å². The molecule has 0 heterocycles. The molecule has 0 radical (unpaired) electrons. The molecule has 0 amide bonds. The van der Waals surface area contributed by atoms with Gasteiger partial charge in [-0.1, -0.05) is 54.0 Å². The summed E-state index contributed by atoms with van der Waals surface area (Å²) in [4.78, 5) is 0. The van der Waals surface area contributed by atoms with Crippen LogP contribution in [-0.2, 0) is 5.41 Å². The fourth-order valence-corrected chi connectivity index (χ4v) is 1.47. The van der Waals surface area contributed by atoms with Crippen LogP contribution in [-0.4, -0.2) is 6.61 Å². The Balaban J connectivity index is 0.00000137. The third-order valence-electron chi connectivity index (χ3n) is 2.63. The lowest BCUT2D eigenvalue weighted by molar-refractivity contribution is 0.311. The lowest BCUT2D eigenvalue weighted by Gasteiger charge is -2.20. The minimum absolute atomic E-state index is 0.135. The van der Waals surface area contributed by atoms with Crippen LogP contribution in [0.25, 0.3) is 0 Å². The van der Waals surface area contributed by atoms with Gasteiger partial charge in [0.1, 0.15) is 5.75 Å². The summed E-state index contributed by atoms with van der Waals surface area (Å²) in [5.41, 5.74) is 8.09. The molecule has 2 heteroatoms. The highest BCUT2D eigenvalue weighted by atomic mass is 16.5. The topological polar surface area (TPSA) is 35.2 Å². The second-order valence-electron chi connectivity index (χ2n) is 5.20. The van der Waals surface area contributed by atoms with Crippen LogP contribution in [0.3, 0.4) is 0 Å². The molecular weight excluding hydrogens is 222 g/mol. The first-order valence-electron chi connectivity index (χ1n) is 6.98. The maximum absolute atomic E-state index is 5.98. The molecule has 2 nitrogen and oxygen atoms in total. The Morgan fingerprint density at radius 3 is 2.22 bits per heavy atom. The molecule has 0 aliphatic carbocycles. The SMILES string of the molecule is CC.CCCCOc1ccc(C(C)(C)C)cc1N. The predicted octanol–water partition coefficient (Wildman–Crippen LogP) is 4.77. The highest BCUT2D eigenvalue weighted by Gasteiger charge is 2.14. The Hall–Kier alpha value is -1.18. The van der Waals surface area contributed by atoms with Crippen molar-refractivity contribution in [3.05, 3.63) is 23.8 Å². The summed E-state index contributed by atoms with van der Waals surface area (Å²) in [6.45, 7) is 13.4. The molecule has 0 atom stereocenters. The van der Waals surface area contributed by atoms with Gasteiger partial charge in [0.05, 0.1) is 12.3 Å². The van der Waals surface area contributed by atoms with Gasteiger partial charge in [0.25, 0.3) is 0 Å². The summed E-state index contributed by atoms with van der Waals surface area (Å²) >= 11 is 0. The van der Waals surface area contributed by atoms with Crippen molar-refractivity contribution in [3.8, 4) is 5.75 Å². The standard InChI is InChI=1S/C14H23NO.C2H6/c1-5-6-9-16-13-8-7-11(10-12(13)15)14(2,3)4;1-2/h7-8,10H,5-6,9,15H2,1-4H3;1-2H3. The molecule has 1 rings (SSSR count). The van der Waals surface area contributed by atoms with E-state index in [0.717, 1.165) is 30.9 Å². The van der Waals surface area contributed by atoms with Crippen LogP contribution in [0.5, 0.6) is 5.75 Å². The number of hydrogen-bond donors (Lipinski definition) is 1. The van der Waals surface area contributed by atoms with Crippen LogP contribution in [0.2, 0.25) is 0 Å². The van der Waals surface area contributed by atoms with Gasteiger partial charge < -0.3 is 10.5 Å². The Morgan fingerprint density at radius 2 is 1.78 bits per heavy atom. The number of ether oxygens (including phenoxy) is 1. The molecule has 104 valence electrons. The highest BCUT2D eigenvalue weighted by Crippen LogP contribution is 2.29. The summed E-state index contributed by atoms with van der Waals surface area (Å²) in [7, 11) is 0. The van der Waals surface area contributed by atoms with E-state index in [1.807, 2.05) is 26.0 Å². The maximum Gasteiger partial charge on any atom is 0.142 e. The van der Waals surface area contributed by atoms with Crippen LogP contribution in [0.15, 0.2) is 18.2 Å². The van der Waals surface area contributed by atoms with Crippen LogP contribution < -0.4 is 10.5 Å². The van der Waals surface area contributed by atoms with Gasteiger partial charge in [-0.2, -0.15) is 0 Å². The van der Waals surface area contributed by atoms with Gasteiger partial charge >= 0.3 is 0 Å². The molecule has 18 heavy (non-hydrogen) atoms. The number of nitrogens with two attached hydrogens (primary N) is 1. The van der Waals surface area contributed by atoms with Gasteiger partial charge in [0.15, 0.2) is 0 Å². The molecule has 0 aliphatic rings. The largest absolute Gasteiger partial charge is 0.491 e. The molecule has 1 aromatic carbocycles. The maximum atomic E-state index is 5.98. The number of rotatable bonds is 4. The Labute approximate surface area is 113 Å². The summed E-state index contributed by atoms with van der Waals surface area (Å²) < 4.78 is 5.62. The molecular formula is C16H29NO. The predicted molar refractivity (Wildman–Crippen MR) is 81.3 cm³/mol. The van der Waals surface area contributed by atoms with Crippen molar-refractivity contribution in [2.45, 2.75) is 59.8 Å². The number of unbranched alkanes of at least 4 members (excludes halogenated alkanes) is 1. The van der Waals surface area contributed by atoms with Gasteiger partial charge in [-0.05, 0) is 29.5 Å². The van der Waals surface area contributed by atoms with Crippen LogP contribution in [0.1, 0.15) is 59.9 Å². The van der Waals surface area contributed by atoms with E-state index in [9.17, 15) is 0 Å². The van der Waals surface area contributed by atoms with Crippen LogP contribution in [0.4, 0.5) is 5.69 Å². The minimum Gasteiger partial charge on any atom is -0.491 e. The van der Waals surface area contributed by atoms with Gasteiger partial charge in [-0.15, -0.1) is 0 Å². The third-order valence-corrected chi connectivity index (χ3v) is 2.63. The fourth-order valence-electron chi connectivity index (χ4n) is 1.47. The zero-order chi connectivity index (χ0) is 14.2. The lowest BCUT2D eigenvalue weighted by atomic mass is 9.87. The molecule has 0 bridgehead atoms. The summed E-state index contributed by atoms with van der Waals surface area (Å²) in [5.74, 6) is 0.807. The van der Waals surface area contributed by atoms with Crippen molar-refractivity contribution in [2.75, 3.05) is 12.3 Å². The lowest BCUT2D eigenvalue weighted by Crippen LogP contribution is -2.11. The normalized spacial score (nSPS) is 10.6. The Kier molecular flexibility index (Phi) is 7.49. The quantitative estimate of drug-likeness (QED) is 0.618. The van der Waals surface area contributed by atoms with Crippen molar-refractivity contribution < 1.29 is 4.74 Å². The third kappa shape index (κ3) is 5.44. The van der Waals surface area contributed by atoms with E-state index in [4.69, 9.17) is 10.5 Å². The second-order valence-corrected chi connectivity index (χ2v) is 5.20. The summed E-state index contributed by atoms with van der Waals surface area (Å²) in [5, 5.41) is 0.